The van der Waals surface area contributed by atoms with E-state index in [1.807, 2.05) is 82.7 Å². The van der Waals surface area contributed by atoms with Crippen LogP contribution in [0.2, 0.25) is 5.15 Å². The summed E-state index contributed by atoms with van der Waals surface area (Å²) in [5, 5.41) is 14.7. The van der Waals surface area contributed by atoms with E-state index in [9.17, 15) is 10.1 Å². The summed E-state index contributed by atoms with van der Waals surface area (Å²) in [5.74, 6) is 0.296. The number of halogens is 1. The first-order valence-electron chi connectivity index (χ1n) is 9.78. The molecule has 0 unspecified atom stereocenters. The van der Waals surface area contributed by atoms with Gasteiger partial charge >= 0.3 is 0 Å². The van der Waals surface area contributed by atoms with Gasteiger partial charge in [-0.2, -0.15) is 0 Å². The van der Waals surface area contributed by atoms with Gasteiger partial charge in [0, 0.05) is 37.6 Å². The van der Waals surface area contributed by atoms with Crippen LogP contribution in [0.4, 0.5) is 0 Å². The number of hydrogen-bond donors (Lipinski definition) is 0. The van der Waals surface area contributed by atoms with E-state index in [1.165, 1.54) is 0 Å². The fourth-order valence-electron chi connectivity index (χ4n) is 3.50. The Morgan fingerprint density at radius 3 is 2.23 bits per heavy atom. The highest BCUT2D eigenvalue weighted by atomic mass is 35.5. The van der Waals surface area contributed by atoms with Crippen LogP contribution in [0.1, 0.15) is 16.7 Å². The van der Waals surface area contributed by atoms with Gasteiger partial charge in [-0.05, 0) is 22.8 Å². The minimum Gasteiger partial charge on any atom is -0.331 e. The maximum absolute atomic E-state index is 11.3. The van der Waals surface area contributed by atoms with Crippen molar-refractivity contribution in [2.24, 2.45) is 5.10 Å². The average Bonchev–Trinajstić information content (AvgIpc) is 3.15. The van der Waals surface area contributed by atoms with Crippen LogP contribution in [0.3, 0.4) is 0 Å². The third kappa shape index (κ3) is 5.07. The monoisotopic (exact) mass is 433 g/mol. The molecule has 31 heavy (non-hydrogen) atoms. The van der Waals surface area contributed by atoms with Crippen LogP contribution in [0.15, 0.2) is 90.3 Å². The average molecular weight is 434 g/mol. The predicted molar refractivity (Wildman–Crippen MR) is 121 cm³/mol. The van der Waals surface area contributed by atoms with E-state index in [4.69, 9.17) is 11.6 Å². The van der Waals surface area contributed by atoms with Crippen molar-refractivity contribution >= 4 is 23.1 Å². The molecule has 2 aromatic carbocycles. The van der Waals surface area contributed by atoms with Crippen molar-refractivity contribution in [1.29, 1.82) is 0 Å². The zero-order valence-corrected chi connectivity index (χ0v) is 17.4. The number of aromatic nitrogens is 1. The lowest BCUT2D eigenvalue weighted by atomic mass is 9.99. The lowest BCUT2D eigenvalue weighted by Gasteiger charge is -2.20. The smallest absolute Gasteiger partial charge is 0.278 e. The zero-order valence-electron chi connectivity index (χ0n) is 16.6. The number of pyridine rings is 1. The topological polar surface area (TPSA) is 74.9 Å². The molecule has 156 valence electrons. The molecule has 1 aliphatic heterocycles. The molecule has 0 spiro atoms. The van der Waals surface area contributed by atoms with Crippen LogP contribution in [0, 0.1) is 10.1 Å². The van der Waals surface area contributed by atoms with Gasteiger partial charge in [0.15, 0.2) is 5.03 Å². The summed E-state index contributed by atoms with van der Waals surface area (Å²) in [7, 11) is 0. The molecule has 7 nitrogen and oxygen atoms in total. The second kappa shape index (κ2) is 9.40. The van der Waals surface area contributed by atoms with E-state index in [2.05, 4.69) is 10.1 Å². The summed E-state index contributed by atoms with van der Waals surface area (Å²) in [6.07, 6.45) is 3.61. The third-order valence-corrected chi connectivity index (χ3v) is 5.16. The first-order chi connectivity index (χ1) is 15.1. The zero-order chi connectivity index (χ0) is 21.6. The molecule has 0 radical (unpaired) electrons. The van der Waals surface area contributed by atoms with E-state index in [0.717, 1.165) is 22.3 Å². The Labute approximate surface area is 185 Å². The maximum atomic E-state index is 11.3. The minimum atomic E-state index is -0.653. The Bertz CT molecular complexity index is 1060. The fourth-order valence-corrected chi connectivity index (χ4v) is 3.62. The highest BCUT2D eigenvalue weighted by Gasteiger charge is 2.29. The number of nitrogens with zero attached hydrogens (tertiary/aromatic N) is 5. The number of rotatable bonds is 6. The summed E-state index contributed by atoms with van der Waals surface area (Å²) in [6.45, 7) is 1.63. The Balaban J connectivity index is 1.69. The highest BCUT2D eigenvalue weighted by molar-refractivity contribution is 6.29. The lowest BCUT2D eigenvalue weighted by molar-refractivity contribution is -0.486. The van der Waals surface area contributed by atoms with E-state index >= 15 is 0 Å². The minimum absolute atomic E-state index is 0.296. The van der Waals surface area contributed by atoms with Crippen molar-refractivity contribution < 1.29 is 5.03 Å². The van der Waals surface area contributed by atoms with Crippen molar-refractivity contribution in [2.45, 2.75) is 6.54 Å². The van der Waals surface area contributed by atoms with Crippen molar-refractivity contribution in [3.8, 4) is 0 Å². The second-order valence-electron chi connectivity index (χ2n) is 7.02. The Hall–Kier alpha value is -3.71. The van der Waals surface area contributed by atoms with Crippen molar-refractivity contribution in [3.05, 3.63) is 117 Å². The molecule has 1 aromatic heterocycles. The Morgan fingerprint density at radius 1 is 1.03 bits per heavy atom. The van der Waals surface area contributed by atoms with Gasteiger partial charge in [0.2, 0.25) is 0 Å². The molecule has 0 N–H and O–H groups in total. The Kier molecular flexibility index (Phi) is 6.24. The normalized spacial score (nSPS) is 14.7. The molecule has 0 atom stereocenters. The SMILES string of the molecule is O=[N+]([O-])/N=C1\N(C=C(c2ccccc2)c2ccccc2)CCN1Cc1ccc(Cl)nc1. The summed E-state index contributed by atoms with van der Waals surface area (Å²) >= 11 is 5.87. The number of hydrazone groups is 1. The van der Waals surface area contributed by atoms with Gasteiger partial charge in [0.05, 0.1) is 0 Å². The molecule has 0 amide bonds. The van der Waals surface area contributed by atoms with Crippen LogP contribution in [-0.2, 0) is 6.54 Å². The van der Waals surface area contributed by atoms with Crippen molar-refractivity contribution in [1.82, 2.24) is 14.8 Å². The third-order valence-electron chi connectivity index (χ3n) is 4.94. The standard InChI is InChI=1S/C23H20ClN5O2/c24-22-12-11-18(15-25-22)16-27-13-14-28(23(27)26-29(30)31)17-21(19-7-3-1-4-8-19)20-9-5-2-6-10-20/h1-12,15,17H,13-14,16H2/b26-23-. The van der Waals surface area contributed by atoms with Crippen LogP contribution >= 0.6 is 11.6 Å². The van der Waals surface area contributed by atoms with Crippen LogP contribution in [-0.4, -0.2) is 38.9 Å². The molecule has 0 bridgehead atoms. The molecule has 1 aliphatic rings. The number of hydrogen-bond acceptors (Lipinski definition) is 3. The molecule has 4 rings (SSSR count). The van der Waals surface area contributed by atoms with Gasteiger partial charge in [-0.15, -0.1) is 0 Å². The first-order valence-corrected chi connectivity index (χ1v) is 10.2. The molecule has 1 saturated heterocycles. The van der Waals surface area contributed by atoms with E-state index in [0.29, 0.717) is 30.7 Å². The molecule has 1 fully saturated rings. The molecule has 8 heteroatoms. The summed E-state index contributed by atoms with van der Waals surface area (Å²) in [4.78, 5) is 19.1. The van der Waals surface area contributed by atoms with Gasteiger partial charge in [0.1, 0.15) is 10.3 Å². The van der Waals surface area contributed by atoms with E-state index in [1.54, 1.807) is 12.3 Å². The molecule has 0 saturated carbocycles. The van der Waals surface area contributed by atoms with E-state index in [-0.39, 0.29) is 0 Å². The van der Waals surface area contributed by atoms with Crippen molar-refractivity contribution in [3.63, 3.8) is 0 Å². The quantitative estimate of drug-likeness (QED) is 0.325. The van der Waals surface area contributed by atoms with Gasteiger partial charge in [0.25, 0.3) is 5.96 Å². The summed E-state index contributed by atoms with van der Waals surface area (Å²) in [6, 6.07) is 23.5. The summed E-state index contributed by atoms with van der Waals surface area (Å²) in [5.41, 5.74) is 3.91. The molecular weight excluding hydrogens is 414 g/mol. The van der Waals surface area contributed by atoms with E-state index < -0.39 is 5.03 Å². The van der Waals surface area contributed by atoms with Gasteiger partial charge < -0.3 is 9.80 Å². The molecule has 2 heterocycles. The van der Waals surface area contributed by atoms with Crippen LogP contribution in [0.5, 0.6) is 0 Å². The molecule has 3 aromatic rings. The van der Waals surface area contributed by atoms with Crippen molar-refractivity contribution in [2.75, 3.05) is 13.1 Å². The maximum Gasteiger partial charge on any atom is 0.278 e. The number of nitro groups is 1. The van der Waals surface area contributed by atoms with Gasteiger partial charge in [-0.1, -0.05) is 78.3 Å². The van der Waals surface area contributed by atoms with Gasteiger partial charge in [-0.3, -0.25) is 0 Å². The number of benzene rings is 2. The summed E-state index contributed by atoms with van der Waals surface area (Å²) < 4.78 is 0. The molecule has 0 aliphatic carbocycles. The predicted octanol–water partition coefficient (Wildman–Crippen LogP) is 4.49. The largest absolute Gasteiger partial charge is 0.331 e. The highest BCUT2D eigenvalue weighted by Crippen LogP contribution is 2.26. The Morgan fingerprint density at radius 2 is 1.68 bits per heavy atom. The van der Waals surface area contributed by atoms with Gasteiger partial charge in [-0.25, -0.2) is 15.1 Å². The van der Waals surface area contributed by atoms with Crippen LogP contribution in [0.25, 0.3) is 5.57 Å². The number of guanidine groups is 1. The first kappa shape index (κ1) is 20.6. The molecular formula is C23H20ClN5O2. The second-order valence-corrected chi connectivity index (χ2v) is 7.40. The lowest BCUT2D eigenvalue weighted by Crippen LogP contribution is -2.31. The fraction of sp³-hybridized carbons (Fsp3) is 0.130. The van der Waals surface area contributed by atoms with Crippen LogP contribution < -0.4 is 0 Å².